The molecule has 0 aliphatic rings. The van der Waals surface area contributed by atoms with Crippen LogP contribution in [0.15, 0.2) is 91.1 Å². The van der Waals surface area contributed by atoms with Crippen LogP contribution in [0.2, 0.25) is 0 Å². The Balaban J connectivity index is 1.73. The summed E-state index contributed by atoms with van der Waals surface area (Å²) < 4.78 is 0. The number of amides is 1. The topological polar surface area (TPSA) is 42.0 Å². The number of nitrogens with one attached hydrogen (secondary N) is 1. The Morgan fingerprint density at radius 2 is 1.56 bits per heavy atom. The molecule has 0 spiro atoms. The van der Waals surface area contributed by atoms with E-state index in [1.165, 1.54) is 0 Å². The Bertz CT molecular complexity index is 1040. The Morgan fingerprint density at radius 1 is 0.760 bits per heavy atom. The molecule has 1 N–H and O–H groups in total. The van der Waals surface area contributed by atoms with E-state index < -0.39 is 0 Å². The van der Waals surface area contributed by atoms with Gasteiger partial charge in [0, 0.05) is 17.1 Å². The minimum atomic E-state index is -0.129. The second-order valence-electron chi connectivity index (χ2n) is 5.74. The highest BCUT2D eigenvalue weighted by Gasteiger charge is 2.13. The molecule has 1 heterocycles. The van der Waals surface area contributed by atoms with Gasteiger partial charge >= 0.3 is 0 Å². The van der Waals surface area contributed by atoms with Crippen molar-refractivity contribution in [3.8, 4) is 11.1 Å². The predicted molar refractivity (Wildman–Crippen MR) is 102 cm³/mol. The summed E-state index contributed by atoms with van der Waals surface area (Å²) in [6.45, 7) is 0. The Labute approximate surface area is 146 Å². The van der Waals surface area contributed by atoms with Gasteiger partial charge < -0.3 is 5.32 Å². The van der Waals surface area contributed by atoms with Gasteiger partial charge in [-0.3, -0.25) is 9.78 Å². The maximum Gasteiger partial charge on any atom is 0.256 e. The van der Waals surface area contributed by atoms with Gasteiger partial charge in [-0.05, 0) is 41.5 Å². The third-order valence-corrected chi connectivity index (χ3v) is 4.15. The van der Waals surface area contributed by atoms with Crippen LogP contribution in [-0.4, -0.2) is 10.9 Å². The SMILES string of the molecule is O=C(Nc1cccc2ncccc12)c1ccccc1-c1ccccc1. The number of anilines is 1. The van der Waals surface area contributed by atoms with E-state index in [9.17, 15) is 4.79 Å². The number of aromatic nitrogens is 1. The molecule has 0 atom stereocenters. The predicted octanol–water partition coefficient (Wildman–Crippen LogP) is 5.15. The van der Waals surface area contributed by atoms with E-state index in [2.05, 4.69) is 10.3 Å². The van der Waals surface area contributed by atoms with Crippen LogP contribution in [0, 0.1) is 0 Å². The quantitative estimate of drug-likeness (QED) is 0.566. The van der Waals surface area contributed by atoms with E-state index >= 15 is 0 Å². The molecule has 3 aromatic carbocycles. The third-order valence-electron chi connectivity index (χ3n) is 4.15. The molecule has 0 aliphatic carbocycles. The molecule has 3 nitrogen and oxygen atoms in total. The number of pyridine rings is 1. The molecule has 1 aromatic heterocycles. The highest BCUT2D eigenvalue weighted by Crippen LogP contribution is 2.26. The zero-order valence-electron chi connectivity index (χ0n) is 13.5. The highest BCUT2D eigenvalue weighted by atomic mass is 16.1. The first-order chi connectivity index (χ1) is 12.3. The zero-order chi connectivity index (χ0) is 17.1. The minimum Gasteiger partial charge on any atom is -0.321 e. The van der Waals surface area contributed by atoms with Crippen molar-refractivity contribution >= 4 is 22.5 Å². The van der Waals surface area contributed by atoms with E-state index in [1.54, 1.807) is 6.20 Å². The first-order valence-electron chi connectivity index (χ1n) is 8.12. The molecule has 0 saturated heterocycles. The van der Waals surface area contributed by atoms with Gasteiger partial charge in [0.05, 0.1) is 11.2 Å². The summed E-state index contributed by atoms with van der Waals surface area (Å²) in [5.74, 6) is -0.129. The summed E-state index contributed by atoms with van der Waals surface area (Å²) >= 11 is 0. The number of carbonyl (C=O) groups is 1. The first kappa shape index (κ1) is 15.1. The Kier molecular flexibility index (Phi) is 3.97. The van der Waals surface area contributed by atoms with E-state index in [-0.39, 0.29) is 5.91 Å². The van der Waals surface area contributed by atoms with Gasteiger partial charge in [-0.15, -0.1) is 0 Å². The number of rotatable bonds is 3. The molecule has 0 aliphatic heterocycles. The van der Waals surface area contributed by atoms with Gasteiger partial charge in [0.25, 0.3) is 5.91 Å². The van der Waals surface area contributed by atoms with Gasteiger partial charge in [-0.1, -0.05) is 54.6 Å². The smallest absolute Gasteiger partial charge is 0.256 e. The molecule has 0 bridgehead atoms. The molecule has 1 amide bonds. The monoisotopic (exact) mass is 324 g/mol. The van der Waals surface area contributed by atoms with Crippen molar-refractivity contribution in [1.29, 1.82) is 0 Å². The van der Waals surface area contributed by atoms with Crippen LogP contribution in [0.4, 0.5) is 5.69 Å². The summed E-state index contributed by atoms with van der Waals surface area (Å²) in [4.78, 5) is 17.3. The van der Waals surface area contributed by atoms with Crippen molar-refractivity contribution in [3.05, 3.63) is 96.7 Å². The molecule has 0 saturated carbocycles. The van der Waals surface area contributed by atoms with Crippen molar-refractivity contribution < 1.29 is 4.79 Å². The first-order valence-corrected chi connectivity index (χ1v) is 8.12. The van der Waals surface area contributed by atoms with Crippen LogP contribution >= 0.6 is 0 Å². The van der Waals surface area contributed by atoms with Crippen LogP contribution in [-0.2, 0) is 0 Å². The summed E-state index contributed by atoms with van der Waals surface area (Å²) in [5, 5.41) is 3.96. The van der Waals surface area contributed by atoms with Crippen LogP contribution in [0.25, 0.3) is 22.0 Å². The molecule has 3 heteroatoms. The zero-order valence-corrected chi connectivity index (χ0v) is 13.5. The van der Waals surface area contributed by atoms with Gasteiger partial charge in [-0.2, -0.15) is 0 Å². The van der Waals surface area contributed by atoms with E-state index in [0.29, 0.717) is 5.56 Å². The van der Waals surface area contributed by atoms with Gasteiger partial charge in [0.2, 0.25) is 0 Å². The van der Waals surface area contributed by atoms with Gasteiger partial charge in [-0.25, -0.2) is 0 Å². The second kappa shape index (κ2) is 6.57. The van der Waals surface area contributed by atoms with Crippen LogP contribution in [0.5, 0.6) is 0 Å². The van der Waals surface area contributed by atoms with E-state index in [0.717, 1.165) is 27.7 Å². The molecule has 25 heavy (non-hydrogen) atoms. The number of hydrogen-bond acceptors (Lipinski definition) is 2. The fraction of sp³-hybridized carbons (Fsp3) is 0. The third kappa shape index (κ3) is 3.00. The normalized spacial score (nSPS) is 10.6. The Hall–Kier alpha value is -3.46. The van der Waals surface area contributed by atoms with E-state index in [4.69, 9.17) is 0 Å². The molecular weight excluding hydrogens is 308 g/mol. The maximum absolute atomic E-state index is 12.9. The lowest BCUT2D eigenvalue weighted by Gasteiger charge is -2.12. The van der Waals surface area contributed by atoms with E-state index in [1.807, 2.05) is 84.9 Å². The standard InChI is InChI=1S/C22H16N2O/c25-22(24-21-14-6-13-20-19(21)12-7-15-23-20)18-11-5-4-10-17(18)16-8-2-1-3-9-16/h1-15H,(H,24,25). The summed E-state index contributed by atoms with van der Waals surface area (Å²) in [6, 6.07) is 27.1. The molecule has 4 aromatic rings. The van der Waals surface area contributed by atoms with Crippen molar-refractivity contribution in [2.75, 3.05) is 5.32 Å². The van der Waals surface area contributed by atoms with Crippen molar-refractivity contribution in [2.45, 2.75) is 0 Å². The molecule has 120 valence electrons. The minimum absolute atomic E-state index is 0.129. The number of nitrogens with zero attached hydrogens (tertiary/aromatic N) is 1. The average Bonchev–Trinajstić information content (AvgIpc) is 2.69. The Morgan fingerprint density at radius 3 is 2.44 bits per heavy atom. The molecule has 0 unspecified atom stereocenters. The van der Waals surface area contributed by atoms with Gasteiger partial charge in [0.15, 0.2) is 0 Å². The largest absolute Gasteiger partial charge is 0.321 e. The molecular formula is C22H16N2O. The van der Waals surface area contributed by atoms with Crippen LogP contribution < -0.4 is 5.32 Å². The number of hydrogen-bond donors (Lipinski definition) is 1. The molecule has 4 rings (SSSR count). The maximum atomic E-state index is 12.9. The lowest BCUT2D eigenvalue weighted by Crippen LogP contribution is -2.13. The van der Waals surface area contributed by atoms with Crippen molar-refractivity contribution in [2.24, 2.45) is 0 Å². The van der Waals surface area contributed by atoms with Crippen LogP contribution in [0.3, 0.4) is 0 Å². The number of carbonyl (C=O) groups excluding carboxylic acids is 1. The van der Waals surface area contributed by atoms with Crippen molar-refractivity contribution in [1.82, 2.24) is 4.98 Å². The van der Waals surface area contributed by atoms with Crippen LogP contribution in [0.1, 0.15) is 10.4 Å². The fourth-order valence-corrected chi connectivity index (χ4v) is 2.95. The number of benzene rings is 3. The number of fused-ring (bicyclic) bond motifs is 1. The lowest BCUT2D eigenvalue weighted by molar-refractivity contribution is 0.102. The summed E-state index contributed by atoms with van der Waals surface area (Å²) in [5.41, 5.74) is 4.21. The second-order valence-corrected chi connectivity index (χ2v) is 5.74. The molecule has 0 fully saturated rings. The fourth-order valence-electron chi connectivity index (χ4n) is 2.95. The lowest BCUT2D eigenvalue weighted by atomic mass is 9.99. The summed E-state index contributed by atoms with van der Waals surface area (Å²) in [6.07, 6.45) is 1.75. The molecule has 0 radical (unpaired) electrons. The van der Waals surface area contributed by atoms with Gasteiger partial charge in [0.1, 0.15) is 0 Å². The summed E-state index contributed by atoms with van der Waals surface area (Å²) in [7, 11) is 0. The highest BCUT2D eigenvalue weighted by molar-refractivity contribution is 6.11. The van der Waals surface area contributed by atoms with Crippen molar-refractivity contribution in [3.63, 3.8) is 0 Å². The average molecular weight is 324 g/mol.